The fraction of sp³-hybridized carbons (Fsp3) is 0.458. The number of epoxide rings is 1. The molecule has 3 aliphatic rings. The Balaban J connectivity index is 1.33. The van der Waals surface area contributed by atoms with Gasteiger partial charge in [-0.2, -0.15) is 15.1 Å². The van der Waals surface area contributed by atoms with Crippen LogP contribution >= 0.6 is 0 Å². The Morgan fingerprint density at radius 2 is 2.16 bits per heavy atom. The number of ether oxygens (including phenoxy) is 4. The van der Waals surface area contributed by atoms with E-state index < -0.39 is 5.60 Å². The summed E-state index contributed by atoms with van der Waals surface area (Å²) < 4.78 is 25.0. The highest BCUT2D eigenvalue weighted by atomic mass is 16.6. The van der Waals surface area contributed by atoms with Crippen LogP contribution in [0.25, 0.3) is 17.1 Å². The lowest BCUT2D eigenvalue weighted by molar-refractivity contribution is 0.0640. The second kappa shape index (κ2) is 7.95. The zero-order valence-corrected chi connectivity index (χ0v) is 18.1. The number of nitrogens with zero attached hydrogens (tertiary/aromatic N) is 4. The number of fused-ring (bicyclic) bond motifs is 1. The summed E-state index contributed by atoms with van der Waals surface area (Å²) in [5, 5.41) is 4.77. The van der Waals surface area contributed by atoms with Crippen LogP contribution in [0.3, 0.4) is 0 Å². The van der Waals surface area contributed by atoms with Crippen LogP contribution in [-0.4, -0.2) is 58.4 Å². The van der Waals surface area contributed by atoms with Crippen molar-refractivity contribution in [3.63, 3.8) is 0 Å². The van der Waals surface area contributed by atoms with Crippen molar-refractivity contribution < 1.29 is 18.9 Å². The maximum Gasteiger partial charge on any atom is 0.318 e. The highest BCUT2D eigenvalue weighted by Crippen LogP contribution is 2.51. The molecule has 2 aromatic heterocycles. The van der Waals surface area contributed by atoms with Gasteiger partial charge in [0.1, 0.15) is 18.3 Å². The summed E-state index contributed by atoms with van der Waals surface area (Å²) in [4.78, 5) is 9.38. The van der Waals surface area contributed by atoms with Crippen molar-refractivity contribution in [3.8, 4) is 23.1 Å². The molecule has 0 N–H and O–H groups in total. The first-order valence-corrected chi connectivity index (χ1v) is 11.2. The summed E-state index contributed by atoms with van der Waals surface area (Å²) in [6.07, 6.45) is 4.87. The molecular weight excluding hydrogens is 408 g/mol. The van der Waals surface area contributed by atoms with E-state index in [1.165, 1.54) is 5.56 Å². The Morgan fingerprint density at radius 3 is 3.00 bits per heavy atom. The van der Waals surface area contributed by atoms with E-state index in [1.807, 2.05) is 24.4 Å². The first-order chi connectivity index (χ1) is 15.7. The first-order valence-electron chi connectivity index (χ1n) is 11.2. The number of hydrogen-bond donors (Lipinski definition) is 0. The van der Waals surface area contributed by atoms with Gasteiger partial charge in [-0.1, -0.05) is 23.8 Å². The molecule has 3 atom stereocenters. The lowest BCUT2D eigenvalue weighted by atomic mass is 9.95. The smallest absolute Gasteiger partial charge is 0.318 e. The van der Waals surface area contributed by atoms with E-state index in [1.54, 1.807) is 4.68 Å². The highest BCUT2D eigenvalue weighted by molar-refractivity contribution is 5.59. The molecule has 0 bridgehead atoms. The number of rotatable bonds is 6. The quantitative estimate of drug-likeness (QED) is 0.551. The first kappa shape index (κ1) is 19.8. The van der Waals surface area contributed by atoms with Gasteiger partial charge in [-0.05, 0) is 31.9 Å². The van der Waals surface area contributed by atoms with E-state index in [2.05, 4.69) is 30.1 Å². The van der Waals surface area contributed by atoms with E-state index in [4.69, 9.17) is 29.0 Å². The van der Waals surface area contributed by atoms with Gasteiger partial charge in [0.15, 0.2) is 5.82 Å². The number of aromatic nitrogens is 4. The van der Waals surface area contributed by atoms with Crippen LogP contribution in [0.2, 0.25) is 0 Å². The van der Waals surface area contributed by atoms with E-state index in [0.717, 1.165) is 42.8 Å². The van der Waals surface area contributed by atoms with Crippen LogP contribution in [0.15, 0.2) is 42.6 Å². The van der Waals surface area contributed by atoms with Gasteiger partial charge in [-0.15, -0.1) is 0 Å². The summed E-state index contributed by atoms with van der Waals surface area (Å²) in [7, 11) is 0. The summed E-state index contributed by atoms with van der Waals surface area (Å²) in [5.74, 6) is 0.659. The van der Waals surface area contributed by atoms with Gasteiger partial charge in [0, 0.05) is 37.5 Å². The Hall–Kier alpha value is -2.81. The summed E-state index contributed by atoms with van der Waals surface area (Å²) in [6, 6.07) is 12.6. The molecule has 0 aliphatic carbocycles. The number of aryl methyl sites for hydroxylation is 1. The Labute approximate surface area is 186 Å². The molecule has 0 saturated carbocycles. The van der Waals surface area contributed by atoms with E-state index in [-0.39, 0.29) is 12.2 Å². The summed E-state index contributed by atoms with van der Waals surface area (Å²) in [6.45, 7) is 4.55. The minimum absolute atomic E-state index is 0.0329. The van der Waals surface area contributed by atoms with Gasteiger partial charge in [0.2, 0.25) is 0 Å². The SMILES string of the molecule is Cc1cccc(-c2ccn(-c3cc(C45CCOCC4O5)nc(OCC4CCCO4)n3)n2)c1. The molecule has 166 valence electrons. The normalized spacial score (nSPS) is 26.7. The molecule has 0 amide bonds. The standard InChI is InChI=1S/C24H26N4O4/c1-16-4-2-5-17(12-16)19-7-9-28(27-19)22-13-20(24-8-11-29-15-21(24)32-24)25-23(26-22)31-14-18-6-3-10-30-18/h2,4-5,7,9,12-13,18,21H,3,6,8,10-11,14-15H2,1H3. The molecule has 3 aliphatic heterocycles. The van der Waals surface area contributed by atoms with Gasteiger partial charge in [0.05, 0.1) is 24.1 Å². The number of hydrogen-bond acceptors (Lipinski definition) is 7. The van der Waals surface area contributed by atoms with Gasteiger partial charge in [-0.25, -0.2) is 4.68 Å². The maximum atomic E-state index is 6.04. The third-order valence-electron chi connectivity index (χ3n) is 6.39. The zero-order valence-electron chi connectivity index (χ0n) is 18.1. The average molecular weight is 434 g/mol. The highest BCUT2D eigenvalue weighted by Gasteiger charge is 2.60. The summed E-state index contributed by atoms with van der Waals surface area (Å²) in [5.41, 5.74) is 3.57. The molecule has 3 unspecified atom stereocenters. The molecule has 6 rings (SSSR count). The van der Waals surface area contributed by atoms with Crippen molar-refractivity contribution in [2.45, 2.75) is 44.0 Å². The second-order valence-electron chi connectivity index (χ2n) is 8.68. The van der Waals surface area contributed by atoms with E-state index >= 15 is 0 Å². The van der Waals surface area contributed by atoms with Gasteiger partial charge in [-0.3, -0.25) is 0 Å². The minimum Gasteiger partial charge on any atom is -0.461 e. The van der Waals surface area contributed by atoms with Crippen LogP contribution in [0.5, 0.6) is 6.01 Å². The molecule has 8 heteroatoms. The minimum atomic E-state index is -0.412. The van der Waals surface area contributed by atoms with Gasteiger partial charge in [0.25, 0.3) is 0 Å². The molecule has 0 radical (unpaired) electrons. The van der Waals surface area contributed by atoms with Crippen molar-refractivity contribution >= 4 is 0 Å². The van der Waals surface area contributed by atoms with Crippen molar-refractivity contribution in [2.75, 3.05) is 26.4 Å². The van der Waals surface area contributed by atoms with Gasteiger partial charge < -0.3 is 18.9 Å². The largest absolute Gasteiger partial charge is 0.461 e. The van der Waals surface area contributed by atoms with E-state index in [9.17, 15) is 0 Å². The van der Waals surface area contributed by atoms with E-state index in [0.29, 0.717) is 31.6 Å². The maximum absolute atomic E-state index is 6.04. The Bertz CT molecular complexity index is 1130. The lowest BCUT2D eigenvalue weighted by Crippen LogP contribution is -2.26. The van der Waals surface area contributed by atoms with Crippen LogP contribution in [0.1, 0.15) is 30.5 Å². The fourth-order valence-electron chi connectivity index (χ4n) is 4.54. The zero-order chi connectivity index (χ0) is 21.5. The molecular formula is C24H26N4O4. The predicted molar refractivity (Wildman–Crippen MR) is 116 cm³/mol. The molecule has 8 nitrogen and oxygen atoms in total. The molecule has 5 heterocycles. The van der Waals surface area contributed by atoms with Crippen molar-refractivity contribution in [1.29, 1.82) is 0 Å². The van der Waals surface area contributed by atoms with Crippen LogP contribution in [0.4, 0.5) is 0 Å². The van der Waals surface area contributed by atoms with Crippen LogP contribution in [0, 0.1) is 6.92 Å². The average Bonchev–Trinajstić information content (AvgIpc) is 3.15. The van der Waals surface area contributed by atoms with Crippen molar-refractivity contribution in [3.05, 3.63) is 53.9 Å². The molecule has 32 heavy (non-hydrogen) atoms. The van der Waals surface area contributed by atoms with Crippen molar-refractivity contribution in [2.24, 2.45) is 0 Å². The van der Waals surface area contributed by atoms with Crippen LogP contribution in [-0.2, 0) is 19.8 Å². The summed E-state index contributed by atoms with van der Waals surface area (Å²) >= 11 is 0. The molecule has 1 aromatic carbocycles. The van der Waals surface area contributed by atoms with Crippen LogP contribution < -0.4 is 4.74 Å². The molecule has 3 fully saturated rings. The molecule has 3 aromatic rings. The monoisotopic (exact) mass is 434 g/mol. The predicted octanol–water partition coefficient (Wildman–Crippen LogP) is 3.21. The topological polar surface area (TPSA) is 83.8 Å². The third kappa shape index (κ3) is 3.68. The molecule has 0 spiro atoms. The second-order valence-corrected chi connectivity index (χ2v) is 8.68. The fourth-order valence-corrected chi connectivity index (χ4v) is 4.54. The Morgan fingerprint density at radius 1 is 1.19 bits per heavy atom. The number of benzene rings is 1. The Kier molecular flexibility index (Phi) is 4.93. The third-order valence-corrected chi connectivity index (χ3v) is 6.39. The lowest BCUT2D eigenvalue weighted by Gasteiger charge is -2.19. The van der Waals surface area contributed by atoms with Gasteiger partial charge >= 0.3 is 6.01 Å². The molecule has 3 saturated heterocycles. The van der Waals surface area contributed by atoms with Crippen molar-refractivity contribution in [1.82, 2.24) is 19.7 Å².